The number of hydrogen-bond donors (Lipinski definition) is 1. The summed E-state index contributed by atoms with van der Waals surface area (Å²) in [6.45, 7) is 7.49. The number of nitrogens with one attached hydrogen (secondary N) is 1. The van der Waals surface area contributed by atoms with Gasteiger partial charge in [0.1, 0.15) is 5.82 Å². The van der Waals surface area contributed by atoms with Gasteiger partial charge in [-0.2, -0.15) is 5.10 Å². The maximum Gasteiger partial charge on any atom is 0.255 e. The molecule has 1 unspecified atom stereocenters. The highest BCUT2D eigenvalue weighted by Gasteiger charge is 2.22. The van der Waals surface area contributed by atoms with Gasteiger partial charge in [-0.15, -0.1) is 0 Å². The second-order valence-corrected chi connectivity index (χ2v) is 7.19. The number of amides is 1. The van der Waals surface area contributed by atoms with Crippen LogP contribution in [0.3, 0.4) is 0 Å². The van der Waals surface area contributed by atoms with Crippen molar-refractivity contribution < 1.29 is 18.7 Å². The van der Waals surface area contributed by atoms with Crippen LogP contribution in [0.25, 0.3) is 5.69 Å². The maximum absolute atomic E-state index is 13.2. The summed E-state index contributed by atoms with van der Waals surface area (Å²) in [5.41, 5.74) is 4.40. The highest BCUT2D eigenvalue weighted by atomic mass is 19.1. The summed E-state index contributed by atoms with van der Waals surface area (Å²) in [6.07, 6.45) is 0. The standard InChI is InChI=1S/C23H26FN3O3/c1-13-11-20(29-5)21(30-6)12-19(13)14(2)25-23(28)22-15(3)26-27(16(22)4)18-9-7-17(24)8-10-18/h7-12,14H,1-6H3,(H,25,28). The van der Waals surface area contributed by atoms with Crippen molar-refractivity contribution in [1.82, 2.24) is 15.1 Å². The maximum atomic E-state index is 13.2. The Labute approximate surface area is 175 Å². The molecule has 0 spiro atoms. The lowest BCUT2D eigenvalue weighted by molar-refractivity contribution is 0.0938. The lowest BCUT2D eigenvalue weighted by atomic mass is 10.0. The number of rotatable bonds is 6. The molecule has 0 bridgehead atoms. The van der Waals surface area contributed by atoms with Crippen molar-refractivity contribution in [3.05, 3.63) is 70.3 Å². The SMILES string of the molecule is COc1cc(C)c(C(C)NC(=O)c2c(C)nn(-c3ccc(F)cc3)c2C)cc1OC. The molecular weight excluding hydrogens is 385 g/mol. The van der Waals surface area contributed by atoms with Gasteiger partial charge in [0.15, 0.2) is 11.5 Å². The molecule has 0 saturated heterocycles. The summed E-state index contributed by atoms with van der Waals surface area (Å²) in [5.74, 6) is 0.706. The van der Waals surface area contributed by atoms with Gasteiger partial charge in [-0.1, -0.05) is 0 Å². The van der Waals surface area contributed by atoms with Crippen molar-refractivity contribution in [2.45, 2.75) is 33.7 Å². The lowest BCUT2D eigenvalue weighted by Crippen LogP contribution is -2.28. The summed E-state index contributed by atoms with van der Waals surface area (Å²) in [7, 11) is 3.17. The highest BCUT2D eigenvalue weighted by Crippen LogP contribution is 2.33. The fourth-order valence-electron chi connectivity index (χ4n) is 3.61. The quantitative estimate of drug-likeness (QED) is 0.651. The van der Waals surface area contributed by atoms with Crippen molar-refractivity contribution in [1.29, 1.82) is 0 Å². The Morgan fingerprint density at radius 2 is 1.67 bits per heavy atom. The molecule has 1 amide bonds. The molecule has 2 aromatic carbocycles. The number of benzene rings is 2. The largest absolute Gasteiger partial charge is 0.493 e. The van der Waals surface area contributed by atoms with Gasteiger partial charge in [-0.05, 0) is 75.2 Å². The Hall–Kier alpha value is -3.35. The Morgan fingerprint density at radius 3 is 2.27 bits per heavy atom. The zero-order chi connectivity index (χ0) is 22.0. The predicted octanol–water partition coefficient (Wildman–Crippen LogP) is 4.44. The van der Waals surface area contributed by atoms with Crippen LogP contribution in [0.4, 0.5) is 4.39 Å². The Kier molecular flexibility index (Phi) is 6.10. The number of carbonyl (C=O) groups is 1. The van der Waals surface area contributed by atoms with E-state index in [-0.39, 0.29) is 17.8 Å². The van der Waals surface area contributed by atoms with Gasteiger partial charge in [0.2, 0.25) is 0 Å². The number of halogens is 1. The van der Waals surface area contributed by atoms with E-state index in [1.165, 1.54) is 12.1 Å². The number of methoxy groups -OCH3 is 2. The van der Waals surface area contributed by atoms with Crippen LogP contribution < -0.4 is 14.8 Å². The summed E-state index contributed by atoms with van der Waals surface area (Å²) in [5, 5.41) is 7.52. The Bertz CT molecular complexity index is 1070. The molecule has 1 atom stereocenters. The molecule has 6 nitrogen and oxygen atoms in total. The molecule has 1 aromatic heterocycles. The van der Waals surface area contributed by atoms with Crippen molar-refractivity contribution in [2.24, 2.45) is 0 Å². The first-order valence-corrected chi connectivity index (χ1v) is 9.62. The topological polar surface area (TPSA) is 65.4 Å². The minimum Gasteiger partial charge on any atom is -0.493 e. The van der Waals surface area contributed by atoms with Crippen LogP contribution in [-0.4, -0.2) is 29.9 Å². The fraction of sp³-hybridized carbons (Fsp3) is 0.304. The first kappa shape index (κ1) is 21.4. The number of nitrogens with zero attached hydrogens (tertiary/aromatic N) is 2. The van der Waals surface area contributed by atoms with Crippen LogP contribution in [0.2, 0.25) is 0 Å². The van der Waals surface area contributed by atoms with Gasteiger partial charge in [0.25, 0.3) is 5.91 Å². The number of aryl methyl sites for hydroxylation is 2. The predicted molar refractivity (Wildman–Crippen MR) is 113 cm³/mol. The van der Waals surface area contributed by atoms with Gasteiger partial charge in [-0.3, -0.25) is 4.79 Å². The van der Waals surface area contributed by atoms with E-state index in [0.717, 1.165) is 11.1 Å². The molecule has 3 aromatic rings. The van der Waals surface area contributed by atoms with Crippen LogP contribution in [0.1, 0.15) is 45.8 Å². The average Bonchev–Trinajstić information content (AvgIpc) is 3.02. The Morgan fingerprint density at radius 1 is 1.07 bits per heavy atom. The van der Waals surface area contributed by atoms with E-state index in [4.69, 9.17) is 9.47 Å². The van der Waals surface area contributed by atoms with E-state index in [9.17, 15) is 9.18 Å². The van der Waals surface area contributed by atoms with Gasteiger partial charge in [0.05, 0.1) is 42.9 Å². The molecule has 0 aliphatic carbocycles. The van der Waals surface area contributed by atoms with Crippen LogP contribution in [-0.2, 0) is 0 Å². The van der Waals surface area contributed by atoms with Gasteiger partial charge >= 0.3 is 0 Å². The summed E-state index contributed by atoms with van der Waals surface area (Å²) in [6, 6.07) is 9.50. The van der Waals surface area contributed by atoms with Crippen LogP contribution in [0, 0.1) is 26.6 Å². The molecule has 1 N–H and O–H groups in total. The number of ether oxygens (including phenoxy) is 2. The van der Waals surface area contributed by atoms with E-state index >= 15 is 0 Å². The zero-order valence-electron chi connectivity index (χ0n) is 18.0. The van der Waals surface area contributed by atoms with E-state index in [1.54, 1.807) is 38.0 Å². The molecule has 0 saturated carbocycles. The Balaban J connectivity index is 1.89. The third-order valence-electron chi connectivity index (χ3n) is 5.18. The summed E-state index contributed by atoms with van der Waals surface area (Å²) >= 11 is 0. The molecule has 0 radical (unpaired) electrons. The average molecular weight is 411 g/mol. The molecule has 0 aliphatic rings. The van der Waals surface area contributed by atoms with E-state index < -0.39 is 0 Å². The fourth-order valence-corrected chi connectivity index (χ4v) is 3.61. The van der Waals surface area contributed by atoms with Gasteiger partial charge < -0.3 is 14.8 Å². The third kappa shape index (κ3) is 4.01. The number of carbonyl (C=O) groups excluding carboxylic acids is 1. The third-order valence-corrected chi connectivity index (χ3v) is 5.18. The molecule has 158 valence electrons. The summed E-state index contributed by atoms with van der Waals surface area (Å²) < 4.78 is 25.6. The lowest BCUT2D eigenvalue weighted by Gasteiger charge is -2.19. The van der Waals surface area contributed by atoms with Crippen molar-refractivity contribution in [3.8, 4) is 17.2 Å². The smallest absolute Gasteiger partial charge is 0.255 e. The summed E-state index contributed by atoms with van der Waals surface area (Å²) in [4.78, 5) is 13.1. The van der Waals surface area contributed by atoms with Gasteiger partial charge in [0, 0.05) is 0 Å². The molecular formula is C23H26FN3O3. The van der Waals surface area contributed by atoms with E-state index in [1.807, 2.05) is 32.9 Å². The molecule has 3 rings (SSSR count). The first-order chi connectivity index (χ1) is 14.3. The monoisotopic (exact) mass is 411 g/mol. The number of hydrogen-bond acceptors (Lipinski definition) is 4. The molecule has 1 heterocycles. The molecule has 7 heteroatoms. The molecule has 0 fully saturated rings. The van der Waals surface area contributed by atoms with E-state index in [0.29, 0.717) is 34.1 Å². The van der Waals surface area contributed by atoms with Crippen LogP contribution in [0.5, 0.6) is 11.5 Å². The van der Waals surface area contributed by atoms with Gasteiger partial charge in [-0.25, -0.2) is 9.07 Å². The van der Waals surface area contributed by atoms with Crippen LogP contribution in [0.15, 0.2) is 36.4 Å². The highest BCUT2D eigenvalue weighted by molar-refractivity contribution is 5.96. The van der Waals surface area contributed by atoms with E-state index in [2.05, 4.69) is 10.4 Å². The van der Waals surface area contributed by atoms with Crippen molar-refractivity contribution in [2.75, 3.05) is 14.2 Å². The normalized spacial score (nSPS) is 11.8. The molecule has 0 aliphatic heterocycles. The minimum atomic E-state index is -0.322. The minimum absolute atomic E-state index is 0.222. The second kappa shape index (κ2) is 8.57. The first-order valence-electron chi connectivity index (χ1n) is 9.62. The van der Waals surface area contributed by atoms with Crippen molar-refractivity contribution >= 4 is 5.91 Å². The second-order valence-electron chi connectivity index (χ2n) is 7.19. The number of aromatic nitrogens is 2. The van der Waals surface area contributed by atoms with Crippen LogP contribution >= 0.6 is 0 Å². The van der Waals surface area contributed by atoms with Crippen molar-refractivity contribution in [3.63, 3.8) is 0 Å². The zero-order valence-corrected chi connectivity index (χ0v) is 18.0. The molecule has 30 heavy (non-hydrogen) atoms.